The molecule has 7 heteroatoms. The lowest BCUT2D eigenvalue weighted by molar-refractivity contribution is -0.143. The van der Waals surface area contributed by atoms with Crippen LogP contribution in [-0.2, 0) is 20.9 Å². The number of nitrogens with zero attached hydrogens (tertiary/aromatic N) is 1. The third-order valence-corrected chi connectivity index (χ3v) is 6.09. The van der Waals surface area contributed by atoms with Crippen molar-refractivity contribution < 1.29 is 19.1 Å². The first kappa shape index (κ1) is 23.0. The van der Waals surface area contributed by atoms with Crippen molar-refractivity contribution >= 4 is 46.3 Å². The summed E-state index contributed by atoms with van der Waals surface area (Å²) in [5.41, 5.74) is 3.22. The Morgan fingerprint density at radius 3 is 2.61 bits per heavy atom. The van der Waals surface area contributed by atoms with Crippen LogP contribution in [0.15, 0.2) is 53.4 Å². The minimum absolute atomic E-state index is 0.132. The van der Waals surface area contributed by atoms with Crippen LogP contribution in [0, 0.1) is 6.92 Å². The molecule has 0 saturated carbocycles. The molecule has 162 valence electrons. The molecule has 1 saturated heterocycles. The molecule has 1 amide bonds. The van der Waals surface area contributed by atoms with Crippen LogP contribution in [0.5, 0.6) is 5.75 Å². The Labute approximate surface area is 192 Å². The number of hydrogen-bond acceptors (Lipinski definition) is 6. The third-order valence-electron chi connectivity index (χ3n) is 4.71. The van der Waals surface area contributed by atoms with Crippen LogP contribution >= 0.6 is 24.0 Å². The molecule has 1 aliphatic rings. The molecule has 0 radical (unpaired) electrons. The summed E-state index contributed by atoms with van der Waals surface area (Å²) >= 11 is 6.56. The normalized spacial score (nSPS) is 14.9. The van der Waals surface area contributed by atoms with Gasteiger partial charge in [0.25, 0.3) is 5.91 Å². The first-order chi connectivity index (χ1) is 15.0. The highest BCUT2D eigenvalue weighted by atomic mass is 32.2. The maximum Gasteiger partial charge on any atom is 0.307 e. The number of aryl methyl sites for hydroxylation is 1. The van der Waals surface area contributed by atoms with Crippen molar-refractivity contribution in [3.63, 3.8) is 0 Å². The zero-order valence-electron chi connectivity index (χ0n) is 17.6. The fourth-order valence-corrected chi connectivity index (χ4v) is 4.24. The highest BCUT2D eigenvalue weighted by Crippen LogP contribution is 2.33. The van der Waals surface area contributed by atoms with E-state index in [4.69, 9.17) is 21.7 Å². The quantitative estimate of drug-likeness (QED) is 0.297. The van der Waals surface area contributed by atoms with Crippen molar-refractivity contribution in [1.82, 2.24) is 4.90 Å². The summed E-state index contributed by atoms with van der Waals surface area (Å²) in [7, 11) is 0. The van der Waals surface area contributed by atoms with Gasteiger partial charge in [-0.3, -0.25) is 14.5 Å². The van der Waals surface area contributed by atoms with Gasteiger partial charge < -0.3 is 9.47 Å². The van der Waals surface area contributed by atoms with Gasteiger partial charge in [-0.1, -0.05) is 67.3 Å². The van der Waals surface area contributed by atoms with Gasteiger partial charge in [0.05, 0.1) is 17.9 Å². The van der Waals surface area contributed by atoms with E-state index in [0.29, 0.717) is 22.4 Å². The van der Waals surface area contributed by atoms with Gasteiger partial charge in [0.1, 0.15) is 16.7 Å². The van der Waals surface area contributed by atoms with E-state index >= 15 is 0 Å². The molecule has 31 heavy (non-hydrogen) atoms. The number of carbonyl (C=O) groups is 2. The van der Waals surface area contributed by atoms with Gasteiger partial charge in [0, 0.05) is 6.54 Å². The molecule has 1 heterocycles. The average molecular weight is 456 g/mol. The molecule has 1 aliphatic heterocycles. The van der Waals surface area contributed by atoms with Crippen LogP contribution in [0.25, 0.3) is 6.08 Å². The molecule has 0 N–H and O–H groups in total. The zero-order chi connectivity index (χ0) is 22.2. The minimum atomic E-state index is -0.318. The molecule has 0 bridgehead atoms. The van der Waals surface area contributed by atoms with E-state index in [1.807, 2.05) is 43.3 Å². The van der Waals surface area contributed by atoms with Crippen LogP contribution in [0.3, 0.4) is 0 Å². The number of thiocarbonyl (C=S) groups is 1. The number of carbonyl (C=O) groups excluding carboxylic acids is 2. The van der Waals surface area contributed by atoms with E-state index in [0.717, 1.165) is 23.3 Å². The number of esters is 1. The summed E-state index contributed by atoms with van der Waals surface area (Å²) in [4.78, 5) is 26.4. The number of thioether (sulfide) groups is 1. The zero-order valence-corrected chi connectivity index (χ0v) is 19.3. The highest BCUT2D eigenvalue weighted by molar-refractivity contribution is 8.26. The third kappa shape index (κ3) is 6.42. The smallest absolute Gasteiger partial charge is 0.307 e. The molecule has 0 unspecified atom stereocenters. The van der Waals surface area contributed by atoms with Crippen LogP contribution in [-0.4, -0.2) is 34.2 Å². The standard InChI is InChI=1S/C24H25NO4S2/c1-3-14-28-22(26)12-13-25-23(27)21(31-24(25)30)15-18-8-10-20(11-9-18)29-16-19-7-5-4-6-17(19)2/h4-11,15H,3,12-14,16H2,1-2H3/b21-15-. The van der Waals surface area contributed by atoms with Crippen molar-refractivity contribution in [2.75, 3.05) is 13.2 Å². The Hall–Kier alpha value is -2.64. The summed E-state index contributed by atoms with van der Waals surface area (Å²) in [5, 5.41) is 0. The lowest BCUT2D eigenvalue weighted by atomic mass is 10.1. The number of benzene rings is 2. The summed E-state index contributed by atoms with van der Waals surface area (Å²) in [6.45, 7) is 5.12. The minimum Gasteiger partial charge on any atom is -0.489 e. The summed E-state index contributed by atoms with van der Waals surface area (Å²) in [5.74, 6) is 0.262. The van der Waals surface area contributed by atoms with E-state index in [-0.39, 0.29) is 24.8 Å². The Morgan fingerprint density at radius 1 is 1.16 bits per heavy atom. The van der Waals surface area contributed by atoms with E-state index in [1.165, 1.54) is 22.2 Å². The number of amides is 1. The van der Waals surface area contributed by atoms with Gasteiger partial charge in [-0.25, -0.2) is 0 Å². The van der Waals surface area contributed by atoms with Gasteiger partial charge in [0.2, 0.25) is 0 Å². The second kappa shape index (κ2) is 11.1. The molecule has 5 nitrogen and oxygen atoms in total. The first-order valence-corrected chi connectivity index (χ1v) is 11.4. The summed E-state index contributed by atoms with van der Waals surface area (Å²) in [6.07, 6.45) is 2.71. The second-order valence-corrected chi connectivity index (χ2v) is 8.76. The lowest BCUT2D eigenvalue weighted by Crippen LogP contribution is -2.30. The molecule has 0 aliphatic carbocycles. The molecule has 2 aromatic rings. The number of hydrogen-bond donors (Lipinski definition) is 0. The largest absolute Gasteiger partial charge is 0.489 e. The van der Waals surface area contributed by atoms with Gasteiger partial charge >= 0.3 is 5.97 Å². The van der Waals surface area contributed by atoms with E-state index < -0.39 is 0 Å². The molecule has 1 fully saturated rings. The monoisotopic (exact) mass is 455 g/mol. The van der Waals surface area contributed by atoms with Crippen LogP contribution in [0.2, 0.25) is 0 Å². The predicted octanol–water partition coefficient (Wildman–Crippen LogP) is 5.12. The maximum atomic E-state index is 12.7. The summed E-state index contributed by atoms with van der Waals surface area (Å²) in [6, 6.07) is 15.7. The van der Waals surface area contributed by atoms with Gasteiger partial charge in [-0.15, -0.1) is 0 Å². The number of rotatable bonds is 9. The van der Waals surface area contributed by atoms with E-state index in [9.17, 15) is 9.59 Å². The van der Waals surface area contributed by atoms with Crippen molar-refractivity contribution in [1.29, 1.82) is 0 Å². The van der Waals surface area contributed by atoms with Crippen molar-refractivity contribution in [2.45, 2.75) is 33.3 Å². The van der Waals surface area contributed by atoms with Crippen LogP contribution in [0.4, 0.5) is 0 Å². The Balaban J connectivity index is 1.57. The molecule has 0 atom stereocenters. The Bertz CT molecular complexity index is 985. The van der Waals surface area contributed by atoms with Crippen molar-refractivity contribution in [3.05, 3.63) is 70.1 Å². The topological polar surface area (TPSA) is 55.8 Å². The van der Waals surface area contributed by atoms with Gasteiger partial charge in [-0.2, -0.15) is 0 Å². The van der Waals surface area contributed by atoms with Gasteiger partial charge in [0.15, 0.2) is 0 Å². The van der Waals surface area contributed by atoms with E-state index in [2.05, 4.69) is 19.1 Å². The summed E-state index contributed by atoms with van der Waals surface area (Å²) < 4.78 is 11.4. The van der Waals surface area contributed by atoms with Gasteiger partial charge in [-0.05, 0) is 48.2 Å². The molecule has 2 aromatic carbocycles. The molecule has 3 rings (SSSR count). The fourth-order valence-electron chi connectivity index (χ4n) is 2.93. The van der Waals surface area contributed by atoms with Crippen LogP contribution < -0.4 is 4.74 Å². The SMILES string of the molecule is CCCOC(=O)CCN1C(=O)/C(=C/c2ccc(OCc3ccccc3C)cc2)SC1=S. The number of ether oxygens (including phenoxy) is 2. The second-order valence-electron chi connectivity index (χ2n) is 7.09. The van der Waals surface area contributed by atoms with Crippen molar-refractivity contribution in [2.24, 2.45) is 0 Å². The maximum absolute atomic E-state index is 12.7. The molecule has 0 aromatic heterocycles. The van der Waals surface area contributed by atoms with Crippen LogP contribution in [0.1, 0.15) is 36.5 Å². The Morgan fingerprint density at radius 2 is 1.90 bits per heavy atom. The van der Waals surface area contributed by atoms with Crippen molar-refractivity contribution in [3.8, 4) is 5.75 Å². The fraction of sp³-hybridized carbons (Fsp3) is 0.292. The lowest BCUT2D eigenvalue weighted by Gasteiger charge is -2.13. The Kier molecular flexibility index (Phi) is 8.26. The predicted molar refractivity (Wildman–Crippen MR) is 128 cm³/mol. The molecule has 0 spiro atoms. The molecular formula is C24H25NO4S2. The first-order valence-electron chi connectivity index (χ1n) is 10.2. The van der Waals surface area contributed by atoms with E-state index in [1.54, 1.807) is 6.08 Å². The highest BCUT2D eigenvalue weighted by Gasteiger charge is 2.32. The average Bonchev–Trinajstić information content (AvgIpc) is 3.03. The molecular weight excluding hydrogens is 430 g/mol.